The van der Waals surface area contributed by atoms with Gasteiger partial charge in [0.15, 0.2) is 0 Å². The molecule has 5 rings (SSSR count). The van der Waals surface area contributed by atoms with Crippen molar-refractivity contribution in [3.8, 4) is 11.3 Å². The van der Waals surface area contributed by atoms with Crippen molar-refractivity contribution in [2.75, 3.05) is 23.4 Å². The van der Waals surface area contributed by atoms with Gasteiger partial charge in [0.05, 0.1) is 37.0 Å². The molecule has 2 aromatic heterocycles. The Morgan fingerprint density at radius 3 is 2.89 bits per heavy atom. The van der Waals surface area contributed by atoms with Crippen LogP contribution in [0.2, 0.25) is 0 Å². The summed E-state index contributed by atoms with van der Waals surface area (Å²) in [5, 5.41) is 4.98. The summed E-state index contributed by atoms with van der Waals surface area (Å²) in [6.45, 7) is 3.09. The van der Waals surface area contributed by atoms with Crippen LogP contribution in [0, 0.1) is 0 Å². The summed E-state index contributed by atoms with van der Waals surface area (Å²) in [4.78, 5) is 22.9. The van der Waals surface area contributed by atoms with Crippen molar-refractivity contribution in [2.45, 2.75) is 25.5 Å². The second kappa shape index (κ2) is 6.06. The van der Waals surface area contributed by atoms with E-state index in [1.807, 2.05) is 23.9 Å². The molecule has 2 aliphatic rings. The van der Waals surface area contributed by atoms with Crippen molar-refractivity contribution < 1.29 is 9.53 Å². The van der Waals surface area contributed by atoms with Gasteiger partial charge < -0.3 is 19.5 Å². The molecule has 2 fully saturated rings. The van der Waals surface area contributed by atoms with Crippen LogP contribution in [0.15, 0.2) is 36.8 Å². The smallest absolute Gasteiger partial charge is 0.222 e. The number of hydrogen-bond donors (Lipinski definition) is 1. The first-order chi connectivity index (χ1) is 13.1. The van der Waals surface area contributed by atoms with Gasteiger partial charge in [0.2, 0.25) is 5.91 Å². The molecule has 0 spiro atoms. The van der Waals surface area contributed by atoms with Crippen LogP contribution in [-0.2, 0) is 16.6 Å². The number of nitrogens with one attached hydrogen (secondary N) is 1. The normalized spacial score (nSPS) is 21.2. The fourth-order valence-electron chi connectivity index (χ4n) is 4.16. The van der Waals surface area contributed by atoms with Crippen LogP contribution in [-0.4, -0.2) is 45.7 Å². The third-order valence-corrected chi connectivity index (χ3v) is 5.40. The van der Waals surface area contributed by atoms with E-state index in [9.17, 15) is 4.79 Å². The van der Waals surface area contributed by atoms with Crippen LogP contribution >= 0.6 is 0 Å². The second-order valence-electron chi connectivity index (χ2n) is 7.34. The van der Waals surface area contributed by atoms with Crippen LogP contribution in [0.25, 0.3) is 22.0 Å². The first-order valence-electron chi connectivity index (χ1n) is 9.16. The lowest BCUT2D eigenvalue weighted by Gasteiger charge is -2.29. The number of carbonyl (C=O) groups excluding carboxylic acids is 1. The number of fused-ring (bicyclic) bond motifs is 3. The quantitative estimate of drug-likeness (QED) is 0.774. The topological polar surface area (TPSA) is 72.3 Å². The summed E-state index contributed by atoms with van der Waals surface area (Å²) in [5.74, 6) is 1.38. The van der Waals surface area contributed by atoms with E-state index in [4.69, 9.17) is 9.72 Å². The van der Waals surface area contributed by atoms with E-state index in [1.165, 1.54) is 6.92 Å². The number of carbonyl (C=O) groups is 1. The molecule has 27 heavy (non-hydrogen) atoms. The van der Waals surface area contributed by atoms with Gasteiger partial charge in [0.1, 0.15) is 11.6 Å². The minimum absolute atomic E-state index is 0.123. The van der Waals surface area contributed by atoms with Gasteiger partial charge in [-0.2, -0.15) is 0 Å². The molecule has 1 aromatic carbocycles. The SMILES string of the molecule is CC(=O)Nc1cc2cc(-c3cncn3C)ccc2c(N2C[C@H]3C[C@@H]2CO3)n1. The number of aryl methyl sites for hydroxylation is 1. The summed E-state index contributed by atoms with van der Waals surface area (Å²) >= 11 is 0. The number of ether oxygens (including phenoxy) is 1. The maximum Gasteiger partial charge on any atom is 0.222 e. The Morgan fingerprint density at radius 2 is 2.22 bits per heavy atom. The van der Waals surface area contributed by atoms with Gasteiger partial charge in [-0.15, -0.1) is 0 Å². The molecule has 7 nitrogen and oxygen atoms in total. The molecule has 7 heteroatoms. The van der Waals surface area contributed by atoms with Crippen molar-refractivity contribution in [3.05, 3.63) is 36.8 Å². The molecule has 138 valence electrons. The van der Waals surface area contributed by atoms with Gasteiger partial charge >= 0.3 is 0 Å². The maximum atomic E-state index is 11.6. The Labute approximate surface area is 157 Å². The van der Waals surface area contributed by atoms with Gasteiger partial charge in [0.25, 0.3) is 0 Å². The first-order valence-corrected chi connectivity index (χ1v) is 9.16. The van der Waals surface area contributed by atoms with Gasteiger partial charge in [-0.25, -0.2) is 9.97 Å². The molecule has 1 amide bonds. The van der Waals surface area contributed by atoms with Crippen molar-refractivity contribution in [2.24, 2.45) is 7.05 Å². The van der Waals surface area contributed by atoms with E-state index in [1.54, 1.807) is 6.33 Å². The maximum absolute atomic E-state index is 11.6. The van der Waals surface area contributed by atoms with Gasteiger partial charge in [-0.1, -0.05) is 6.07 Å². The minimum Gasteiger partial charge on any atom is -0.374 e. The monoisotopic (exact) mass is 363 g/mol. The summed E-state index contributed by atoms with van der Waals surface area (Å²) in [6.07, 6.45) is 4.97. The minimum atomic E-state index is -0.123. The highest BCUT2D eigenvalue weighted by Crippen LogP contribution is 2.37. The molecule has 2 saturated heterocycles. The van der Waals surface area contributed by atoms with Crippen molar-refractivity contribution in [1.82, 2.24) is 14.5 Å². The first kappa shape index (κ1) is 16.3. The zero-order valence-electron chi connectivity index (χ0n) is 15.3. The Balaban J connectivity index is 1.66. The molecule has 0 saturated carbocycles. The molecule has 1 N–H and O–H groups in total. The number of rotatable bonds is 3. The number of amides is 1. The summed E-state index contributed by atoms with van der Waals surface area (Å²) in [6, 6.07) is 8.64. The number of pyridine rings is 1. The van der Waals surface area contributed by atoms with Crippen LogP contribution < -0.4 is 10.2 Å². The molecule has 2 bridgehead atoms. The number of hydrogen-bond acceptors (Lipinski definition) is 5. The van der Waals surface area contributed by atoms with E-state index >= 15 is 0 Å². The van der Waals surface area contributed by atoms with E-state index < -0.39 is 0 Å². The number of benzene rings is 1. The molecular formula is C20H21N5O2. The number of imidazole rings is 1. The predicted octanol–water partition coefficient (Wildman–Crippen LogP) is 2.57. The van der Waals surface area contributed by atoms with Gasteiger partial charge in [0, 0.05) is 31.5 Å². The lowest BCUT2D eigenvalue weighted by Crippen LogP contribution is -2.37. The Hall–Kier alpha value is -2.93. The third-order valence-electron chi connectivity index (χ3n) is 5.40. The van der Waals surface area contributed by atoms with Crippen molar-refractivity contribution in [1.29, 1.82) is 0 Å². The highest BCUT2D eigenvalue weighted by Gasteiger charge is 2.40. The molecule has 0 unspecified atom stereocenters. The summed E-state index contributed by atoms with van der Waals surface area (Å²) in [7, 11) is 1.98. The van der Waals surface area contributed by atoms with E-state index in [0.29, 0.717) is 11.9 Å². The largest absolute Gasteiger partial charge is 0.374 e. The van der Waals surface area contributed by atoms with Gasteiger partial charge in [-0.05, 0) is 30.0 Å². The zero-order chi connectivity index (χ0) is 18.5. The number of aromatic nitrogens is 3. The average molecular weight is 363 g/mol. The standard InChI is InChI=1S/C20H21N5O2/c1-12(26)22-19-6-14-5-13(18-8-21-11-24(18)2)3-4-17(14)20(23-19)25-9-16-7-15(25)10-27-16/h3-6,8,11,15-16H,7,9-10H2,1-2H3,(H,22,23,26)/t15-,16-/m1/s1. The highest BCUT2D eigenvalue weighted by molar-refractivity contribution is 5.99. The zero-order valence-corrected chi connectivity index (χ0v) is 15.3. The highest BCUT2D eigenvalue weighted by atomic mass is 16.5. The number of anilines is 2. The fraction of sp³-hybridized carbons (Fsp3) is 0.350. The number of morpholine rings is 1. The fourth-order valence-corrected chi connectivity index (χ4v) is 4.16. The summed E-state index contributed by atoms with van der Waals surface area (Å²) in [5.41, 5.74) is 2.13. The third kappa shape index (κ3) is 2.75. The van der Waals surface area contributed by atoms with E-state index in [2.05, 4.69) is 33.4 Å². The van der Waals surface area contributed by atoms with Gasteiger partial charge in [-0.3, -0.25) is 4.79 Å². The van der Waals surface area contributed by atoms with E-state index in [0.717, 1.165) is 47.4 Å². The van der Waals surface area contributed by atoms with Crippen LogP contribution in [0.1, 0.15) is 13.3 Å². The second-order valence-corrected chi connectivity index (χ2v) is 7.34. The predicted molar refractivity (Wildman–Crippen MR) is 104 cm³/mol. The molecule has 3 aromatic rings. The Morgan fingerprint density at radius 1 is 1.33 bits per heavy atom. The van der Waals surface area contributed by atoms with Crippen LogP contribution in [0.4, 0.5) is 11.6 Å². The van der Waals surface area contributed by atoms with Crippen LogP contribution in [0.5, 0.6) is 0 Å². The molecule has 2 atom stereocenters. The lowest BCUT2D eigenvalue weighted by atomic mass is 10.1. The molecule has 0 radical (unpaired) electrons. The Kier molecular flexibility index (Phi) is 3.65. The van der Waals surface area contributed by atoms with E-state index in [-0.39, 0.29) is 12.0 Å². The van der Waals surface area contributed by atoms with Crippen molar-refractivity contribution in [3.63, 3.8) is 0 Å². The van der Waals surface area contributed by atoms with Crippen LogP contribution in [0.3, 0.4) is 0 Å². The molecule has 4 heterocycles. The molecular weight excluding hydrogens is 342 g/mol. The lowest BCUT2D eigenvalue weighted by molar-refractivity contribution is -0.114. The average Bonchev–Trinajstić information content (AvgIpc) is 3.36. The van der Waals surface area contributed by atoms with Crippen molar-refractivity contribution >= 4 is 28.3 Å². The Bertz CT molecular complexity index is 1040. The molecule has 2 aliphatic heterocycles. The molecule has 0 aliphatic carbocycles. The number of nitrogens with zero attached hydrogens (tertiary/aromatic N) is 4. The summed E-state index contributed by atoms with van der Waals surface area (Å²) < 4.78 is 7.74.